The van der Waals surface area contributed by atoms with Crippen LogP contribution in [0.4, 0.5) is 21.8 Å². The number of anilines is 3. The van der Waals surface area contributed by atoms with Crippen molar-refractivity contribution < 1.29 is 4.39 Å². The van der Waals surface area contributed by atoms with E-state index in [1.54, 1.807) is 12.1 Å². The lowest BCUT2D eigenvalue weighted by Crippen LogP contribution is -2.47. The van der Waals surface area contributed by atoms with Crippen LogP contribution in [-0.4, -0.2) is 49.2 Å². The molecule has 27 heavy (non-hydrogen) atoms. The maximum Gasteiger partial charge on any atom is 0.228 e. The molecule has 1 aromatic carbocycles. The second kappa shape index (κ2) is 7.20. The molecule has 1 aliphatic carbocycles. The number of hydrogen-bond acceptors (Lipinski definition) is 6. The Hall–Kier alpha value is -2.59. The molecule has 0 unspecified atom stereocenters. The van der Waals surface area contributed by atoms with Gasteiger partial charge in [0.05, 0.1) is 0 Å². The lowest BCUT2D eigenvalue weighted by molar-refractivity contribution is 0.624. The van der Waals surface area contributed by atoms with E-state index in [1.807, 2.05) is 11.9 Å². The molecule has 0 bridgehead atoms. The van der Waals surface area contributed by atoms with Gasteiger partial charge in [0.25, 0.3) is 0 Å². The van der Waals surface area contributed by atoms with E-state index in [-0.39, 0.29) is 11.0 Å². The molecular formula is C19H20ClFN6. The lowest BCUT2D eigenvalue weighted by atomic mass is 10.2. The van der Waals surface area contributed by atoms with Gasteiger partial charge in [0.2, 0.25) is 5.95 Å². The monoisotopic (exact) mass is 386 g/mol. The molecule has 1 saturated heterocycles. The summed E-state index contributed by atoms with van der Waals surface area (Å²) in [4.78, 5) is 15.3. The van der Waals surface area contributed by atoms with Crippen molar-refractivity contribution >= 4 is 29.1 Å². The molecule has 1 saturated carbocycles. The van der Waals surface area contributed by atoms with Crippen LogP contribution < -0.4 is 14.7 Å². The summed E-state index contributed by atoms with van der Waals surface area (Å²) in [5, 5.41) is 9.74. The average Bonchev–Trinajstić information content (AvgIpc) is 3.53. The predicted octanol–water partition coefficient (Wildman–Crippen LogP) is 3.07. The summed E-state index contributed by atoms with van der Waals surface area (Å²) < 4.78 is 13.1. The summed E-state index contributed by atoms with van der Waals surface area (Å²) in [5.74, 6) is 0.926. The molecule has 0 radical (unpaired) electrons. The fourth-order valence-corrected chi connectivity index (χ4v) is 3.55. The third-order valence-electron chi connectivity index (χ3n) is 5.13. The predicted molar refractivity (Wildman–Crippen MR) is 104 cm³/mol. The number of nitrogens with zero attached hydrogens (tertiary/aromatic N) is 6. The topological polar surface area (TPSA) is 59.3 Å². The van der Waals surface area contributed by atoms with Gasteiger partial charge < -0.3 is 14.7 Å². The first-order valence-electron chi connectivity index (χ1n) is 9.03. The summed E-state index contributed by atoms with van der Waals surface area (Å²) in [7, 11) is 1.96. The van der Waals surface area contributed by atoms with Crippen LogP contribution in [0.15, 0.2) is 24.3 Å². The van der Waals surface area contributed by atoms with Crippen LogP contribution >= 0.6 is 11.6 Å². The van der Waals surface area contributed by atoms with E-state index in [2.05, 4.69) is 25.8 Å². The standard InChI is InChI=1S/C19H20ClFN6/c1-25(14-6-7-14)19-23-17(20)16(12-22)18(24-19)27-10-8-26(9-11-27)15-4-2-13(21)3-5-15/h2-5,14H,6-11H2,1H3. The molecule has 1 aliphatic heterocycles. The van der Waals surface area contributed by atoms with E-state index >= 15 is 0 Å². The minimum absolute atomic E-state index is 0.200. The summed E-state index contributed by atoms with van der Waals surface area (Å²) in [6.07, 6.45) is 2.26. The second-order valence-electron chi connectivity index (χ2n) is 6.92. The fraction of sp³-hybridized carbons (Fsp3) is 0.421. The van der Waals surface area contributed by atoms with Crippen LogP contribution in [0.5, 0.6) is 0 Å². The molecule has 2 heterocycles. The van der Waals surface area contributed by atoms with E-state index in [1.165, 1.54) is 12.1 Å². The van der Waals surface area contributed by atoms with Gasteiger partial charge in [0.1, 0.15) is 17.4 Å². The van der Waals surface area contributed by atoms with Gasteiger partial charge in [0.15, 0.2) is 11.0 Å². The molecule has 0 N–H and O–H groups in total. The lowest BCUT2D eigenvalue weighted by Gasteiger charge is -2.37. The molecule has 140 valence electrons. The van der Waals surface area contributed by atoms with E-state index in [0.29, 0.717) is 36.5 Å². The van der Waals surface area contributed by atoms with Crippen molar-refractivity contribution in [3.63, 3.8) is 0 Å². The number of nitriles is 1. The molecule has 8 heteroatoms. The van der Waals surface area contributed by atoms with Gasteiger partial charge in [-0.3, -0.25) is 0 Å². The molecule has 2 aromatic rings. The van der Waals surface area contributed by atoms with Crippen molar-refractivity contribution in [2.24, 2.45) is 0 Å². The first-order chi connectivity index (χ1) is 13.1. The Bertz CT molecular complexity index is 869. The number of piperazine rings is 1. The minimum Gasteiger partial charge on any atom is -0.368 e. The van der Waals surface area contributed by atoms with Gasteiger partial charge in [-0.15, -0.1) is 0 Å². The molecule has 4 rings (SSSR count). The highest BCUT2D eigenvalue weighted by molar-refractivity contribution is 6.31. The van der Waals surface area contributed by atoms with Gasteiger partial charge in [-0.05, 0) is 37.1 Å². The van der Waals surface area contributed by atoms with Crippen LogP contribution in [0.3, 0.4) is 0 Å². The highest BCUT2D eigenvalue weighted by Crippen LogP contribution is 2.32. The maximum absolute atomic E-state index is 13.1. The first-order valence-corrected chi connectivity index (χ1v) is 9.40. The van der Waals surface area contributed by atoms with Crippen molar-refractivity contribution in [2.75, 3.05) is 47.9 Å². The van der Waals surface area contributed by atoms with Gasteiger partial charge in [0, 0.05) is 45.0 Å². The van der Waals surface area contributed by atoms with E-state index in [0.717, 1.165) is 31.6 Å². The zero-order valence-electron chi connectivity index (χ0n) is 15.1. The molecule has 0 spiro atoms. The van der Waals surface area contributed by atoms with Crippen LogP contribution in [0.25, 0.3) is 0 Å². The maximum atomic E-state index is 13.1. The fourth-order valence-electron chi connectivity index (χ4n) is 3.35. The van der Waals surface area contributed by atoms with Crippen LogP contribution in [-0.2, 0) is 0 Å². The Kier molecular flexibility index (Phi) is 4.75. The third-order valence-corrected chi connectivity index (χ3v) is 5.40. The number of rotatable bonds is 4. The SMILES string of the molecule is CN(c1nc(Cl)c(C#N)c(N2CCN(c3ccc(F)cc3)CC2)n1)C1CC1. The molecule has 0 atom stereocenters. The summed E-state index contributed by atoms with van der Waals surface area (Å²) in [5.41, 5.74) is 1.31. The average molecular weight is 387 g/mol. The van der Waals surface area contributed by atoms with Crippen LogP contribution in [0.1, 0.15) is 18.4 Å². The van der Waals surface area contributed by atoms with Crippen molar-refractivity contribution in [3.05, 3.63) is 40.8 Å². The Morgan fingerprint density at radius 1 is 1.11 bits per heavy atom. The number of halogens is 2. The Morgan fingerprint density at radius 2 is 1.74 bits per heavy atom. The summed E-state index contributed by atoms with van der Waals surface area (Å²) >= 11 is 6.29. The Morgan fingerprint density at radius 3 is 2.33 bits per heavy atom. The highest BCUT2D eigenvalue weighted by atomic mass is 35.5. The zero-order chi connectivity index (χ0) is 19.0. The molecule has 1 aromatic heterocycles. The van der Waals surface area contributed by atoms with E-state index in [4.69, 9.17) is 11.6 Å². The number of hydrogen-bond donors (Lipinski definition) is 0. The molecule has 2 fully saturated rings. The zero-order valence-corrected chi connectivity index (χ0v) is 15.8. The Balaban J connectivity index is 1.54. The van der Waals surface area contributed by atoms with Gasteiger partial charge in [-0.25, -0.2) is 4.39 Å². The summed E-state index contributed by atoms with van der Waals surface area (Å²) in [6.45, 7) is 2.91. The van der Waals surface area contributed by atoms with Crippen LogP contribution in [0.2, 0.25) is 5.15 Å². The Labute approximate surface area is 162 Å². The van der Waals surface area contributed by atoms with Crippen molar-refractivity contribution in [3.8, 4) is 6.07 Å². The summed E-state index contributed by atoms with van der Waals surface area (Å²) in [6, 6.07) is 9.12. The normalized spacial score (nSPS) is 17.0. The third kappa shape index (κ3) is 3.62. The van der Waals surface area contributed by atoms with Gasteiger partial charge in [-0.2, -0.15) is 15.2 Å². The molecular weight excluding hydrogens is 367 g/mol. The molecule has 2 aliphatic rings. The van der Waals surface area contributed by atoms with E-state index < -0.39 is 0 Å². The number of benzene rings is 1. The molecule has 0 amide bonds. The number of aromatic nitrogens is 2. The van der Waals surface area contributed by atoms with E-state index in [9.17, 15) is 9.65 Å². The minimum atomic E-state index is -0.237. The van der Waals surface area contributed by atoms with Gasteiger partial charge in [-0.1, -0.05) is 11.6 Å². The van der Waals surface area contributed by atoms with Gasteiger partial charge >= 0.3 is 0 Å². The van der Waals surface area contributed by atoms with Crippen LogP contribution in [0, 0.1) is 17.1 Å². The largest absolute Gasteiger partial charge is 0.368 e. The highest BCUT2D eigenvalue weighted by Gasteiger charge is 2.30. The van der Waals surface area contributed by atoms with Crippen molar-refractivity contribution in [1.29, 1.82) is 5.26 Å². The van der Waals surface area contributed by atoms with Crippen molar-refractivity contribution in [1.82, 2.24) is 9.97 Å². The smallest absolute Gasteiger partial charge is 0.228 e. The first kappa shape index (κ1) is 17.8. The second-order valence-corrected chi connectivity index (χ2v) is 7.28. The van der Waals surface area contributed by atoms with Crippen molar-refractivity contribution in [2.45, 2.75) is 18.9 Å². The molecule has 6 nitrogen and oxygen atoms in total. The quantitative estimate of drug-likeness (QED) is 0.753.